The maximum Gasteiger partial charge on any atom is 0.321 e. The molecule has 0 aliphatic carbocycles. The lowest BCUT2D eigenvalue weighted by Gasteiger charge is -2.04. The van der Waals surface area contributed by atoms with E-state index in [1.165, 1.54) is 0 Å². The SMILES string of the molecule is NC(CC(=O)O)C(=O)O.NCC(=O)O.NCCCCCCC(N)C(=O)O. The monoisotopic (exact) mass is 382 g/mol. The van der Waals surface area contributed by atoms with Gasteiger partial charge in [0.15, 0.2) is 0 Å². The highest BCUT2D eigenvalue weighted by Crippen LogP contribution is 2.03. The van der Waals surface area contributed by atoms with Gasteiger partial charge in [0.25, 0.3) is 0 Å². The zero-order valence-electron chi connectivity index (χ0n) is 14.5. The number of carboxylic acid groups (broad SMARTS) is 4. The van der Waals surface area contributed by atoms with Crippen LogP contribution in [0.25, 0.3) is 0 Å². The van der Waals surface area contributed by atoms with Crippen molar-refractivity contribution in [1.29, 1.82) is 0 Å². The van der Waals surface area contributed by atoms with Crippen molar-refractivity contribution in [2.45, 2.75) is 50.6 Å². The molecule has 12 nitrogen and oxygen atoms in total. The molecule has 0 aromatic heterocycles. The number of carboxylic acids is 4. The maximum absolute atomic E-state index is 10.3. The molecule has 0 fully saturated rings. The van der Waals surface area contributed by atoms with Crippen molar-refractivity contribution in [3.05, 3.63) is 0 Å². The highest BCUT2D eigenvalue weighted by Gasteiger charge is 2.14. The molecule has 12 N–H and O–H groups in total. The molecular formula is C14H30N4O8. The van der Waals surface area contributed by atoms with Crippen LogP contribution in [0, 0.1) is 0 Å². The van der Waals surface area contributed by atoms with Gasteiger partial charge in [0, 0.05) is 0 Å². The van der Waals surface area contributed by atoms with Crippen LogP contribution in [0.5, 0.6) is 0 Å². The summed E-state index contributed by atoms with van der Waals surface area (Å²) in [5.41, 5.74) is 20.0. The molecule has 0 aromatic carbocycles. The minimum Gasteiger partial charge on any atom is -0.481 e. The van der Waals surface area contributed by atoms with Crippen LogP contribution in [0.2, 0.25) is 0 Å². The predicted octanol–water partition coefficient (Wildman–Crippen LogP) is -1.79. The van der Waals surface area contributed by atoms with E-state index in [0.29, 0.717) is 13.0 Å². The number of hydrogen-bond acceptors (Lipinski definition) is 8. The Kier molecular flexibility index (Phi) is 20.9. The maximum atomic E-state index is 10.3. The van der Waals surface area contributed by atoms with Crippen LogP contribution in [0.15, 0.2) is 0 Å². The molecule has 12 heteroatoms. The average Bonchev–Trinajstić information content (AvgIpc) is 2.54. The van der Waals surface area contributed by atoms with Gasteiger partial charge in [0.1, 0.15) is 12.1 Å². The third-order valence-corrected chi connectivity index (χ3v) is 2.67. The summed E-state index contributed by atoms with van der Waals surface area (Å²) >= 11 is 0. The molecule has 0 amide bonds. The number of hydrogen-bond donors (Lipinski definition) is 8. The zero-order chi connectivity index (χ0) is 21.1. The van der Waals surface area contributed by atoms with Crippen molar-refractivity contribution in [2.24, 2.45) is 22.9 Å². The Morgan fingerprint density at radius 3 is 1.38 bits per heavy atom. The van der Waals surface area contributed by atoms with E-state index < -0.39 is 42.4 Å². The fraction of sp³-hybridized carbons (Fsp3) is 0.714. The standard InChI is InChI=1S/C8H18N2O2.C4H7NO4.C2H5NO2/c9-6-4-2-1-3-5-7(10)8(11)12;5-2(4(8)9)1-3(6)7;3-1-2(4)5/h7H,1-6,9-10H2,(H,11,12);2H,1,5H2,(H,6,7)(H,8,9);1,3H2,(H,4,5). The van der Waals surface area contributed by atoms with E-state index in [1.807, 2.05) is 0 Å². The van der Waals surface area contributed by atoms with Crippen LogP contribution < -0.4 is 22.9 Å². The van der Waals surface area contributed by atoms with Crippen LogP contribution in [0.3, 0.4) is 0 Å². The molecule has 0 heterocycles. The van der Waals surface area contributed by atoms with Crippen LogP contribution in [-0.2, 0) is 19.2 Å². The van der Waals surface area contributed by atoms with E-state index in [2.05, 4.69) is 5.73 Å². The third kappa shape index (κ3) is 26.6. The van der Waals surface area contributed by atoms with Gasteiger partial charge in [-0.1, -0.05) is 19.3 Å². The van der Waals surface area contributed by atoms with Gasteiger partial charge in [-0.15, -0.1) is 0 Å². The van der Waals surface area contributed by atoms with Crippen molar-refractivity contribution < 1.29 is 39.6 Å². The Morgan fingerprint density at radius 1 is 0.692 bits per heavy atom. The van der Waals surface area contributed by atoms with E-state index in [4.69, 9.17) is 37.6 Å². The molecule has 0 spiro atoms. The van der Waals surface area contributed by atoms with Crippen molar-refractivity contribution in [1.82, 2.24) is 0 Å². The minimum atomic E-state index is -1.29. The molecule has 26 heavy (non-hydrogen) atoms. The Morgan fingerprint density at radius 2 is 1.12 bits per heavy atom. The third-order valence-electron chi connectivity index (χ3n) is 2.67. The summed E-state index contributed by atoms with van der Waals surface area (Å²) in [7, 11) is 0. The van der Waals surface area contributed by atoms with Gasteiger partial charge in [0.05, 0.1) is 13.0 Å². The molecular weight excluding hydrogens is 352 g/mol. The Bertz CT molecular complexity index is 420. The van der Waals surface area contributed by atoms with Gasteiger partial charge in [-0.25, -0.2) is 0 Å². The molecule has 0 radical (unpaired) electrons. The quantitative estimate of drug-likeness (QED) is 0.184. The van der Waals surface area contributed by atoms with Crippen molar-refractivity contribution in [3.63, 3.8) is 0 Å². The molecule has 0 aliphatic heterocycles. The largest absolute Gasteiger partial charge is 0.481 e. The van der Waals surface area contributed by atoms with Gasteiger partial charge in [-0.2, -0.15) is 0 Å². The molecule has 0 saturated heterocycles. The van der Waals surface area contributed by atoms with Crippen LogP contribution in [-0.4, -0.2) is 69.5 Å². The predicted molar refractivity (Wildman–Crippen MR) is 92.3 cm³/mol. The summed E-state index contributed by atoms with van der Waals surface area (Å²) < 4.78 is 0. The van der Waals surface area contributed by atoms with E-state index >= 15 is 0 Å². The van der Waals surface area contributed by atoms with Crippen molar-refractivity contribution >= 4 is 23.9 Å². The second-order valence-corrected chi connectivity index (χ2v) is 5.08. The first kappa shape index (κ1) is 28.5. The van der Waals surface area contributed by atoms with Gasteiger partial charge < -0.3 is 43.4 Å². The lowest BCUT2D eigenvalue weighted by Crippen LogP contribution is -2.32. The van der Waals surface area contributed by atoms with E-state index in [0.717, 1.165) is 25.7 Å². The first-order valence-corrected chi connectivity index (χ1v) is 7.80. The molecule has 0 rings (SSSR count). The fourth-order valence-corrected chi connectivity index (χ4v) is 1.26. The highest BCUT2D eigenvalue weighted by molar-refractivity contribution is 5.80. The number of aliphatic carboxylic acids is 4. The van der Waals surface area contributed by atoms with Crippen LogP contribution in [0.1, 0.15) is 38.5 Å². The smallest absolute Gasteiger partial charge is 0.321 e. The molecule has 0 aromatic rings. The highest BCUT2D eigenvalue weighted by atomic mass is 16.4. The molecule has 2 unspecified atom stereocenters. The summed E-state index contributed by atoms with van der Waals surface area (Å²) in [6.07, 6.45) is 4.03. The summed E-state index contributed by atoms with van der Waals surface area (Å²) in [5, 5.41) is 32.1. The zero-order valence-corrected chi connectivity index (χ0v) is 14.5. The summed E-state index contributed by atoms with van der Waals surface area (Å²) in [4.78, 5) is 39.1. The average molecular weight is 382 g/mol. The van der Waals surface area contributed by atoms with Crippen molar-refractivity contribution in [2.75, 3.05) is 13.1 Å². The number of nitrogens with two attached hydrogens (primary N) is 4. The van der Waals surface area contributed by atoms with E-state index in [1.54, 1.807) is 0 Å². The van der Waals surface area contributed by atoms with Gasteiger partial charge in [-0.3, -0.25) is 19.2 Å². The van der Waals surface area contributed by atoms with E-state index in [-0.39, 0.29) is 6.54 Å². The summed E-state index contributed by atoms with van der Waals surface area (Å²) in [6, 6.07) is -1.98. The fourth-order valence-electron chi connectivity index (χ4n) is 1.26. The van der Waals surface area contributed by atoms with E-state index in [9.17, 15) is 19.2 Å². The molecule has 154 valence electrons. The molecule has 0 bridgehead atoms. The summed E-state index contributed by atoms with van der Waals surface area (Å²) in [5.74, 6) is -4.37. The lowest BCUT2D eigenvalue weighted by atomic mass is 10.1. The van der Waals surface area contributed by atoms with Gasteiger partial charge >= 0.3 is 23.9 Å². The Hall–Kier alpha value is -2.28. The number of rotatable bonds is 11. The second-order valence-electron chi connectivity index (χ2n) is 5.08. The van der Waals surface area contributed by atoms with Gasteiger partial charge in [0.2, 0.25) is 0 Å². The first-order valence-electron chi connectivity index (χ1n) is 7.80. The molecule has 0 saturated carbocycles. The number of carbonyl (C=O) groups is 4. The lowest BCUT2D eigenvalue weighted by molar-refractivity contribution is -0.144. The minimum absolute atomic E-state index is 0.278. The van der Waals surface area contributed by atoms with Gasteiger partial charge in [-0.05, 0) is 19.4 Å². The Balaban J connectivity index is -0.000000333. The normalized spacial score (nSPS) is 11.7. The van der Waals surface area contributed by atoms with Crippen LogP contribution in [0.4, 0.5) is 0 Å². The number of unbranched alkanes of at least 4 members (excludes halogenated alkanes) is 3. The first-order chi connectivity index (χ1) is 12.0. The van der Waals surface area contributed by atoms with Crippen LogP contribution >= 0.6 is 0 Å². The molecule has 2 atom stereocenters. The second kappa shape index (κ2) is 19.1. The van der Waals surface area contributed by atoms with Crippen molar-refractivity contribution in [3.8, 4) is 0 Å². The topological polar surface area (TPSA) is 253 Å². The summed E-state index contributed by atoms with van der Waals surface area (Å²) in [6.45, 7) is 0.436. The molecule has 0 aliphatic rings. The Labute approximate surface area is 151 Å².